The molecule has 5 nitrogen and oxygen atoms in total. The quantitative estimate of drug-likeness (QED) is 0.646. The number of fused-ring (bicyclic) bond motifs is 3. The molecule has 2 aliphatic heterocycles. The monoisotopic (exact) mass is 395 g/mol. The molecule has 1 aromatic carbocycles. The van der Waals surface area contributed by atoms with Gasteiger partial charge in [-0.3, -0.25) is 9.59 Å². The van der Waals surface area contributed by atoms with E-state index in [1.54, 1.807) is 0 Å². The summed E-state index contributed by atoms with van der Waals surface area (Å²) in [6.07, 6.45) is 10.2. The normalized spacial score (nSPS) is 21.7. The Balaban J connectivity index is 1.54. The highest BCUT2D eigenvalue weighted by Gasteiger charge is 2.42. The minimum Gasteiger partial charge on any atom is -0.486 e. The highest BCUT2D eigenvalue weighted by atomic mass is 16.5. The summed E-state index contributed by atoms with van der Waals surface area (Å²) < 4.78 is 12.4. The van der Waals surface area contributed by atoms with Crippen LogP contribution in [0, 0.1) is 6.92 Å². The smallest absolute Gasteiger partial charge is 0.289 e. The van der Waals surface area contributed by atoms with Crippen molar-refractivity contribution in [2.75, 3.05) is 13.1 Å². The number of hydrogen-bond donors (Lipinski definition) is 0. The lowest BCUT2D eigenvalue weighted by Crippen LogP contribution is -2.43. The molecule has 1 saturated heterocycles. The molecule has 3 heterocycles. The molecule has 1 aliphatic carbocycles. The van der Waals surface area contributed by atoms with Gasteiger partial charge in [-0.15, -0.1) is 0 Å². The fourth-order valence-corrected chi connectivity index (χ4v) is 5.43. The topological polar surface area (TPSA) is 59.8 Å². The van der Waals surface area contributed by atoms with Crippen LogP contribution in [0.3, 0.4) is 0 Å². The van der Waals surface area contributed by atoms with Gasteiger partial charge in [0.1, 0.15) is 16.9 Å². The van der Waals surface area contributed by atoms with Crippen LogP contribution in [0.15, 0.2) is 16.5 Å². The molecule has 1 saturated carbocycles. The molecular weight excluding hydrogens is 366 g/mol. The Morgan fingerprint density at radius 2 is 1.69 bits per heavy atom. The van der Waals surface area contributed by atoms with Crippen LogP contribution < -0.4 is 4.74 Å². The van der Waals surface area contributed by atoms with E-state index in [1.165, 1.54) is 19.3 Å². The van der Waals surface area contributed by atoms with E-state index in [1.807, 2.05) is 24.0 Å². The average Bonchev–Trinajstić information content (AvgIpc) is 2.89. The molecule has 1 amide bonds. The van der Waals surface area contributed by atoms with Gasteiger partial charge in [0.25, 0.3) is 5.91 Å². The SMILES string of the molecule is Cc1c(C(=O)N2CCCCCC2)oc2ccc3c(c12)C(=O)CC1(CCCCC1)O3. The van der Waals surface area contributed by atoms with Crippen molar-refractivity contribution in [3.8, 4) is 5.75 Å². The van der Waals surface area contributed by atoms with E-state index in [9.17, 15) is 9.59 Å². The molecule has 1 spiro atoms. The number of amides is 1. The van der Waals surface area contributed by atoms with E-state index in [0.717, 1.165) is 62.6 Å². The lowest BCUT2D eigenvalue weighted by Gasteiger charge is -2.40. The highest BCUT2D eigenvalue weighted by Crippen LogP contribution is 2.45. The maximum atomic E-state index is 13.2. The number of carbonyl (C=O) groups excluding carboxylic acids is 2. The number of rotatable bonds is 1. The third kappa shape index (κ3) is 3.15. The first kappa shape index (κ1) is 18.7. The number of ether oxygens (including phenoxy) is 1. The van der Waals surface area contributed by atoms with Crippen molar-refractivity contribution in [3.63, 3.8) is 0 Å². The van der Waals surface area contributed by atoms with Crippen LogP contribution in [0.4, 0.5) is 0 Å². The Kier molecular flexibility index (Phi) is 4.64. The van der Waals surface area contributed by atoms with Crippen molar-refractivity contribution in [1.29, 1.82) is 0 Å². The van der Waals surface area contributed by atoms with Gasteiger partial charge in [-0.1, -0.05) is 19.3 Å². The standard InChI is InChI=1S/C24H29NO4/c1-16-20-18(28-22(16)23(27)25-13-7-2-3-8-14-25)9-10-19-21(20)17(26)15-24(29-19)11-5-4-6-12-24/h9-10H,2-8,11-15H2,1H3. The molecule has 0 N–H and O–H groups in total. The molecule has 0 unspecified atom stereocenters. The van der Waals surface area contributed by atoms with Gasteiger partial charge in [0.05, 0.1) is 12.0 Å². The highest BCUT2D eigenvalue weighted by molar-refractivity contribution is 6.13. The van der Waals surface area contributed by atoms with Crippen molar-refractivity contribution in [2.45, 2.75) is 76.7 Å². The Bertz CT molecular complexity index is 959. The molecule has 0 atom stereocenters. The lowest BCUT2D eigenvalue weighted by atomic mass is 9.78. The van der Waals surface area contributed by atoms with Gasteiger partial charge in [-0.05, 0) is 57.6 Å². The van der Waals surface area contributed by atoms with Crippen LogP contribution in [-0.4, -0.2) is 35.3 Å². The Labute approximate surface area is 171 Å². The molecule has 1 aromatic heterocycles. The molecule has 154 valence electrons. The maximum absolute atomic E-state index is 13.2. The number of benzene rings is 1. The summed E-state index contributed by atoms with van der Waals surface area (Å²) in [5.74, 6) is 1.10. The number of nitrogens with zero attached hydrogens (tertiary/aromatic N) is 1. The number of furan rings is 1. The van der Waals surface area contributed by atoms with Crippen LogP contribution in [0.25, 0.3) is 11.0 Å². The predicted octanol–water partition coefficient (Wildman–Crippen LogP) is 5.43. The van der Waals surface area contributed by atoms with Crippen molar-refractivity contribution in [1.82, 2.24) is 4.90 Å². The van der Waals surface area contributed by atoms with Crippen molar-refractivity contribution in [3.05, 3.63) is 29.0 Å². The first-order valence-corrected chi connectivity index (χ1v) is 11.2. The zero-order valence-corrected chi connectivity index (χ0v) is 17.2. The third-order valence-electron chi connectivity index (χ3n) is 7.00. The van der Waals surface area contributed by atoms with E-state index >= 15 is 0 Å². The molecule has 5 heteroatoms. The van der Waals surface area contributed by atoms with Crippen LogP contribution in [0.2, 0.25) is 0 Å². The molecular formula is C24H29NO4. The van der Waals surface area contributed by atoms with Crippen molar-refractivity contribution < 1.29 is 18.7 Å². The van der Waals surface area contributed by atoms with E-state index in [2.05, 4.69) is 0 Å². The number of hydrogen-bond acceptors (Lipinski definition) is 4. The van der Waals surface area contributed by atoms with Gasteiger partial charge < -0.3 is 14.1 Å². The average molecular weight is 395 g/mol. The molecule has 5 rings (SSSR count). The molecule has 0 bridgehead atoms. The second kappa shape index (κ2) is 7.19. The summed E-state index contributed by atoms with van der Waals surface area (Å²) >= 11 is 0. The molecule has 2 fully saturated rings. The van der Waals surface area contributed by atoms with Gasteiger partial charge >= 0.3 is 0 Å². The summed E-state index contributed by atoms with van der Waals surface area (Å²) in [5.41, 5.74) is 1.65. The van der Waals surface area contributed by atoms with Crippen molar-refractivity contribution >= 4 is 22.7 Å². The Morgan fingerprint density at radius 3 is 2.41 bits per heavy atom. The number of likely N-dealkylation sites (tertiary alicyclic amines) is 1. The first-order valence-electron chi connectivity index (χ1n) is 11.2. The van der Waals surface area contributed by atoms with E-state index < -0.39 is 0 Å². The largest absolute Gasteiger partial charge is 0.486 e. The van der Waals surface area contributed by atoms with E-state index in [4.69, 9.17) is 9.15 Å². The fourth-order valence-electron chi connectivity index (χ4n) is 5.43. The van der Waals surface area contributed by atoms with Gasteiger partial charge in [-0.2, -0.15) is 0 Å². The third-order valence-corrected chi connectivity index (χ3v) is 7.00. The summed E-state index contributed by atoms with van der Waals surface area (Å²) in [6, 6.07) is 3.71. The first-order chi connectivity index (χ1) is 14.1. The second-order valence-corrected chi connectivity index (χ2v) is 9.02. The van der Waals surface area contributed by atoms with Crippen LogP contribution >= 0.6 is 0 Å². The van der Waals surface area contributed by atoms with Gasteiger partial charge in [0.2, 0.25) is 0 Å². The molecule has 29 heavy (non-hydrogen) atoms. The maximum Gasteiger partial charge on any atom is 0.289 e. The lowest BCUT2D eigenvalue weighted by molar-refractivity contribution is 0.0139. The summed E-state index contributed by atoms with van der Waals surface area (Å²) in [5, 5.41) is 0.760. The van der Waals surface area contributed by atoms with Crippen LogP contribution in [-0.2, 0) is 0 Å². The zero-order chi connectivity index (χ0) is 20.0. The minimum absolute atomic E-state index is 0.0534. The molecule has 0 radical (unpaired) electrons. The number of ketones is 1. The summed E-state index contributed by atoms with van der Waals surface area (Å²) in [6.45, 7) is 3.45. The molecule has 3 aliphatic rings. The van der Waals surface area contributed by atoms with Crippen LogP contribution in [0.1, 0.15) is 90.7 Å². The number of carbonyl (C=O) groups is 2. The summed E-state index contributed by atoms with van der Waals surface area (Å²) in [7, 11) is 0. The van der Waals surface area contributed by atoms with Gasteiger partial charge in [-0.25, -0.2) is 0 Å². The number of Topliss-reactive ketones (excluding diaryl/α,β-unsaturated/α-hetero) is 1. The second-order valence-electron chi connectivity index (χ2n) is 9.02. The Hall–Kier alpha value is -2.30. The predicted molar refractivity (Wildman–Crippen MR) is 111 cm³/mol. The Morgan fingerprint density at radius 1 is 1.00 bits per heavy atom. The minimum atomic E-state index is -0.335. The zero-order valence-electron chi connectivity index (χ0n) is 17.2. The van der Waals surface area contributed by atoms with Gasteiger partial charge in [0.15, 0.2) is 11.5 Å². The van der Waals surface area contributed by atoms with E-state index in [0.29, 0.717) is 29.1 Å². The molecule has 2 aromatic rings. The van der Waals surface area contributed by atoms with Crippen LogP contribution in [0.5, 0.6) is 5.75 Å². The summed E-state index contributed by atoms with van der Waals surface area (Å²) in [4.78, 5) is 28.3. The van der Waals surface area contributed by atoms with Gasteiger partial charge in [0, 0.05) is 24.0 Å². The fraction of sp³-hybridized carbons (Fsp3) is 0.583. The number of aryl methyl sites for hydroxylation is 1. The van der Waals surface area contributed by atoms with E-state index in [-0.39, 0.29) is 17.3 Å². The van der Waals surface area contributed by atoms with Crippen molar-refractivity contribution in [2.24, 2.45) is 0 Å².